The number of hydrogen-bond acceptors (Lipinski definition) is 5. The summed E-state index contributed by atoms with van der Waals surface area (Å²) in [7, 11) is 0. The van der Waals surface area contributed by atoms with Gasteiger partial charge in [0.1, 0.15) is 5.82 Å². The molecule has 6 heteroatoms. The van der Waals surface area contributed by atoms with Crippen LogP contribution in [-0.4, -0.2) is 22.4 Å². The van der Waals surface area contributed by atoms with Crippen LogP contribution in [0.4, 0.5) is 10.9 Å². The monoisotopic (exact) mass is 344 g/mol. The Morgan fingerprint density at radius 1 is 1.25 bits per heavy atom. The van der Waals surface area contributed by atoms with Crippen LogP contribution >= 0.6 is 11.3 Å². The zero-order valence-corrected chi connectivity index (χ0v) is 14.9. The van der Waals surface area contributed by atoms with Crippen LogP contribution < -0.4 is 10.6 Å². The molecule has 0 radical (unpaired) electrons. The summed E-state index contributed by atoms with van der Waals surface area (Å²) in [4.78, 5) is 21.0. The Bertz CT molecular complexity index is 679. The van der Waals surface area contributed by atoms with Crippen LogP contribution in [0.15, 0.2) is 23.6 Å². The molecular weight excluding hydrogens is 320 g/mol. The smallest absolute Gasteiger partial charge is 0.226 e. The van der Waals surface area contributed by atoms with Gasteiger partial charge in [-0.05, 0) is 37.8 Å². The van der Waals surface area contributed by atoms with E-state index in [0.29, 0.717) is 12.3 Å². The number of thiazole rings is 1. The maximum Gasteiger partial charge on any atom is 0.226 e. The quantitative estimate of drug-likeness (QED) is 0.836. The standard InChI is InChI=1S/C18H24N4OS/c1-13-6-5-9-16(20-13)22-18-21-15(12-24-18)10-17(23)19-11-14-7-3-2-4-8-14/h5-6,9,12,14H,2-4,7-8,10-11H2,1H3,(H,19,23)(H,20,21,22). The van der Waals surface area contributed by atoms with Crippen molar-refractivity contribution >= 4 is 28.2 Å². The van der Waals surface area contributed by atoms with Gasteiger partial charge < -0.3 is 10.6 Å². The van der Waals surface area contributed by atoms with Crippen LogP contribution in [0.3, 0.4) is 0 Å². The number of aryl methyl sites for hydroxylation is 1. The zero-order valence-electron chi connectivity index (χ0n) is 14.0. The lowest BCUT2D eigenvalue weighted by Gasteiger charge is -2.21. The highest BCUT2D eigenvalue weighted by Crippen LogP contribution is 2.23. The molecule has 24 heavy (non-hydrogen) atoms. The maximum absolute atomic E-state index is 12.1. The largest absolute Gasteiger partial charge is 0.355 e. The first-order valence-electron chi connectivity index (χ1n) is 8.61. The summed E-state index contributed by atoms with van der Waals surface area (Å²) < 4.78 is 0. The number of carbonyl (C=O) groups excluding carboxylic acids is 1. The minimum Gasteiger partial charge on any atom is -0.355 e. The highest BCUT2D eigenvalue weighted by atomic mass is 32.1. The Balaban J connectivity index is 1.47. The zero-order chi connectivity index (χ0) is 16.8. The maximum atomic E-state index is 12.1. The van der Waals surface area contributed by atoms with E-state index in [1.54, 1.807) is 0 Å². The molecule has 0 aromatic carbocycles. The lowest BCUT2D eigenvalue weighted by atomic mass is 9.89. The third-order valence-electron chi connectivity index (χ3n) is 4.33. The van der Waals surface area contributed by atoms with Crippen molar-refractivity contribution < 1.29 is 4.79 Å². The number of hydrogen-bond donors (Lipinski definition) is 2. The Kier molecular flexibility index (Phi) is 5.80. The van der Waals surface area contributed by atoms with Crippen molar-refractivity contribution in [3.05, 3.63) is 35.0 Å². The van der Waals surface area contributed by atoms with Crippen LogP contribution in [-0.2, 0) is 11.2 Å². The molecular formula is C18H24N4OS. The van der Waals surface area contributed by atoms with Gasteiger partial charge in [-0.2, -0.15) is 0 Å². The number of pyridine rings is 1. The second kappa shape index (κ2) is 8.24. The summed E-state index contributed by atoms with van der Waals surface area (Å²) in [5, 5.41) is 8.94. The Labute approximate surface area is 146 Å². The van der Waals surface area contributed by atoms with E-state index in [1.807, 2.05) is 30.5 Å². The van der Waals surface area contributed by atoms with Crippen LogP contribution in [0.5, 0.6) is 0 Å². The van der Waals surface area contributed by atoms with E-state index in [1.165, 1.54) is 43.4 Å². The first-order chi connectivity index (χ1) is 11.7. The average Bonchev–Trinajstić information content (AvgIpc) is 3.01. The van der Waals surface area contributed by atoms with E-state index in [9.17, 15) is 4.79 Å². The summed E-state index contributed by atoms with van der Waals surface area (Å²) in [6.45, 7) is 2.76. The molecule has 2 heterocycles. The van der Waals surface area contributed by atoms with Crippen molar-refractivity contribution in [1.82, 2.24) is 15.3 Å². The molecule has 0 aliphatic heterocycles. The Morgan fingerprint density at radius 2 is 2.08 bits per heavy atom. The van der Waals surface area contributed by atoms with Gasteiger partial charge in [0.15, 0.2) is 5.13 Å². The van der Waals surface area contributed by atoms with Gasteiger partial charge in [0.2, 0.25) is 5.91 Å². The summed E-state index contributed by atoms with van der Waals surface area (Å²) in [6, 6.07) is 5.82. The van der Waals surface area contributed by atoms with Crippen LogP contribution in [0, 0.1) is 12.8 Å². The molecule has 2 aromatic rings. The fourth-order valence-corrected chi connectivity index (χ4v) is 3.76. The van der Waals surface area contributed by atoms with Crippen molar-refractivity contribution in [3.8, 4) is 0 Å². The van der Waals surface area contributed by atoms with Gasteiger partial charge in [-0.1, -0.05) is 25.3 Å². The van der Waals surface area contributed by atoms with Gasteiger partial charge >= 0.3 is 0 Å². The molecule has 1 aliphatic rings. The first kappa shape index (κ1) is 16.9. The number of nitrogens with one attached hydrogen (secondary N) is 2. The molecule has 3 rings (SSSR count). The third-order valence-corrected chi connectivity index (χ3v) is 5.14. The molecule has 1 fully saturated rings. The molecule has 2 aromatic heterocycles. The molecule has 1 saturated carbocycles. The van der Waals surface area contributed by atoms with Crippen molar-refractivity contribution in [2.75, 3.05) is 11.9 Å². The van der Waals surface area contributed by atoms with Crippen LogP contribution in [0.1, 0.15) is 43.5 Å². The number of nitrogens with zero attached hydrogens (tertiary/aromatic N) is 2. The lowest BCUT2D eigenvalue weighted by Crippen LogP contribution is -2.31. The van der Waals surface area contributed by atoms with E-state index in [2.05, 4.69) is 20.6 Å². The molecule has 0 atom stereocenters. The fourth-order valence-electron chi connectivity index (χ4n) is 3.04. The molecule has 1 amide bonds. The molecule has 128 valence electrons. The minimum atomic E-state index is 0.0612. The molecule has 2 N–H and O–H groups in total. The SMILES string of the molecule is Cc1cccc(Nc2nc(CC(=O)NCC3CCCCC3)cs2)n1. The highest BCUT2D eigenvalue weighted by Gasteiger charge is 2.15. The van der Waals surface area contributed by atoms with Gasteiger partial charge in [-0.15, -0.1) is 11.3 Å². The van der Waals surface area contributed by atoms with Crippen LogP contribution in [0.2, 0.25) is 0 Å². The summed E-state index contributed by atoms with van der Waals surface area (Å²) >= 11 is 1.50. The number of aromatic nitrogens is 2. The highest BCUT2D eigenvalue weighted by molar-refractivity contribution is 7.13. The lowest BCUT2D eigenvalue weighted by molar-refractivity contribution is -0.120. The van der Waals surface area contributed by atoms with E-state index >= 15 is 0 Å². The number of amides is 1. The van der Waals surface area contributed by atoms with Gasteiger partial charge in [0.05, 0.1) is 12.1 Å². The molecule has 0 saturated heterocycles. The summed E-state index contributed by atoms with van der Waals surface area (Å²) in [5.41, 5.74) is 1.76. The van der Waals surface area contributed by atoms with Gasteiger partial charge in [-0.3, -0.25) is 4.79 Å². The third kappa shape index (κ3) is 5.03. The number of rotatable bonds is 6. The topological polar surface area (TPSA) is 66.9 Å². The van der Waals surface area contributed by atoms with Crippen molar-refractivity contribution in [2.24, 2.45) is 5.92 Å². The minimum absolute atomic E-state index is 0.0612. The van der Waals surface area contributed by atoms with Gasteiger partial charge in [-0.25, -0.2) is 9.97 Å². The second-order valence-corrected chi connectivity index (χ2v) is 7.28. The van der Waals surface area contributed by atoms with Gasteiger partial charge in [0.25, 0.3) is 0 Å². The predicted molar refractivity (Wildman–Crippen MR) is 97.7 cm³/mol. The average molecular weight is 344 g/mol. The Morgan fingerprint density at radius 3 is 2.88 bits per heavy atom. The molecule has 0 spiro atoms. The molecule has 0 bridgehead atoms. The number of anilines is 2. The second-order valence-electron chi connectivity index (χ2n) is 6.42. The number of carbonyl (C=O) groups is 1. The van der Waals surface area contributed by atoms with E-state index in [4.69, 9.17) is 0 Å². The van der Waals surface area contributed by atoms with Crippen molar-refractivity contribution in [3.63, 3.8) is 0 Å². The van der Waals surface area contributed by atoms with Crippen molar-refractivity contribution in [1.29, 1.82) is 0 Å². The summed E-state index contributed by atoms with van der Waals surface area (Å²) in [5.74, 6) is 1.49. The van der Waals surface area contributed by atoms with Crippen LogP contribution in [0.25, 0.3) is 0 Å². The van der Waals surface area contributed by atoms with E-state index in [-0.39, 0.29) is 5.91 Å². The van der Waals surface area contributed by atoms with Gasteiger partial charge in [0, 0.05) is 17.6 Å². The van der Waals surface area contributed by atoms with Crippen molar-refractivity contribution in [2.45, 2.75) is 45.4 Å². The summed E-state index contributed by atoms with van der Waals surface area (Å²) in [6.07, 6.45) is 6.77. The van der Waals surface area contributed by atoms with E-state index in [0.717, 1.165) is 28.9 Å². The predicted octanol–water partition coefficient (Wildman–Crippen LogP) is 3.83. The molecule has 0 unspecified atom stereocenters. The fraction of sp³-hybridized carbons (Fsp3) is 0.500. The first-order valence-corrected chi connectivity index (χ1v) is 9.49. The molecule has 5 nitrogen and oxygen atoms in total. The Hall–Kier alpha value is -1.95. The normalized spacial score (nSPS) is 15.2. The van der Waals surface area contributed by atoms with E-state index < -0.39 is 0 Å². The molecule has 1 aliphatic carbocycles.